The van der Waals surface area contributed by atoms with Gasteiger partial charge in [0.2, 0.25) is 33.6 Å². The predicted molar refractivity (Wildman–Crippen MR) is 305 cm³/mol. The zero-order valence-electron chi connectivity index (χ0n) is 49.4. The molecule has 9 rings (SSSR count). The summed E-state index contributed by atoms with van der Waals surface area (Å²) in [5, 5.41) is 31.2. The van der Waals surface area contributed by atoms with E-state index in [0.29, 0.717) is 17.0 Å². The largest absolute Gasteiger partial charge is 0.524 e. The lowest BCUT2D eigenvalue weighted by atomic mass is 9.77. The number of nitrogens with one attached hydrogen (secondary N) is 2. The van der Waals surface area contributed by atoms with E-state index in [1.54, 1.807) is 6.92 Å². The second kappa shape index (κ2) is 25.1. The summed E-state index contributed by atoms with van der Waals surface area (Å²) in [7, 11) is -9.16. The van der Waals surface area contributed by atoms with Crippen LogP contribution in [0.25, 0.3) is 16.7 Å². The Morgan fingerprint density at radius 1 is 0.957 bits per heavy atom. The number of aliphatic carboxylic acids is 2. The third-order valence-corrected chi connectivity index (χ3v) is 16.7. The van der Waals surface area contributed by atoms with Crippen LogP contribution in [0.5, 0.6) is 11.6 Å². The number of hydrogen-bond donors (Lipinski definition) is 6. The summed E-state index contributed by atoms with van der Waals surface area (Å²) in [6, 6.07) is 2.71. The molecule has 6 aromatic rings. The number of pyridine rings is 1. The van der Waals surface area contributed by atoms with Gasteiger partial charge in [-0.25, -0.2) is 40.3 Å². The molecule has 93 heavy (non-hydrogen) atoms. The van der Waals surface area contributed by atoms with Crippen molar-refractivity contribution in [3.63, 3.8) is 0 Å². The number of phosphoric acid groups is 1. The van der Waals surface area contributed by atoms with Crippen LogP contribution in [-0.2, 0) is 76.3 Å². The van der Waals surface area contributed by atoms with Gasteiger partial charge in [0.15, 0.2) is 11.5 Å². The first-order valence-electron chi connectivity index (χ1n) is 27.7. The van der Waals surface area contributed by atoms with Gasteiger partial charge in [0.05, 0.1) is 60.9 Å². The molecule has 0 saturated heterocycles. The molecular formula is C57H54F9N10O15PS. The minimum atomic E-state index is -5.51. The van der Waals surface area contributed by atoms with Crippen molar-refractivity contribution in [2.45, 2.75) is 121 Å². The van der Waals surface area contributed by atoms with Crippen molar-refractivity contribution in [3.05, 3.63) is 127 Å². The van der Waals surface area contributed by atoms with Gasteiger partial charge >= 0.3 is 31.9 Å². The molecule has 0 spiro atoms. The highest BCUT2D eigenvalue weighted by molar-refractivity contribution is 7.92. The summed E-state index contributed by atoms with van der Waals surface area (Å²) in [5.41, 5.74) is -7.41. The van der Waals surface area contributed by atoms with Gasteiger partial charge in [0.1, 0.15) is 53.1 Å². The Hall–Kier alpha value is -9.13. The number of sulfonamides is 1. The Kier molecular flexibility index (Phi) is 18.4. The predicted octanol–water partition coefficient (Wildman–Crippen LogP) is 6.61. The highest BCUT2D eigenvalue weighted by Crippen LogP contribution is 2.57. The molecule has 2 aromatic carbocycles. The lowest BCUT2D eigenvalue weighted by Crippen LogP contribution is -2.43. The highest BCUT2D eigenvalue weighted by atomic mass is 32.2. The molecule has 4 aromatic heterocycles. The first-order chi connectivity index (χ1) is 43.1. The average Bonchev–Trinajstić information content (AvgIpc) is 1.56. The van der Waals surface area contributed by atoms with Crippen LogP contribution in [0.1, 0.15) is 127 Å². The van der Waals surface area contributed by atoms with Gasteiger partial charge in [-0.05, 0) is 60.2 Å². The van der Waals surface area contributed by atoms with E-state index in [1.807, 2.05) is 0 Å². The summed E-state index contributed by atoms with van der Waals surface area (Å²) in [4.78, 5) is 111. The van der Waals surface area contributed by atoms with E-state index in [2.05, 4.69) is 42.6 Å². The highest BCUT2D eigenvalue weighted by Gasteiger charge is 2.61. The SMILES string of the molecule is Cc1cc(CC(=O)N[C@@H](CC(=O)O)C(=O)O)c(C(C)(C)CC(=O)N(c2nn(C)c3c2C(C)CC=C3n2c([C@H](Cc3cc(F)cc(F)c3)NC(=O)Cn3nc(C(F)F)c4c3C(F)(F)[C@@H]3C#C[C@H]43)nc3nc(OCCC(F)(F)F)ccc3c2=O)S(C)(=O)=O)c(OP(=O)(O)O)c1. The van der Waals surface area contributed by atoms with Gasteiger partial charge in [-0.2, -0.15) is 41.4 Å². The molecule has 6 N–H and O–H groups in total. The zero-order valence-corrected chi connectivity index (χ0v) is 51.1. The molecule has 496 valence electrons. The molecular weight excluding hydrogens is 1300 g/mol. The van der Waals surface area contributed by atoms with E-state index in [-0.39, 0.29) is 49.9 Å². The maximum absolute atomic E-state index is 16.0. The van der Waals surface area contributed by atoms with Crippen LogP contribution in [0.3, 0.4) is 0 Å². The minimum Gasteiger partial charge on any atom is -0.481 e. The van der Waals surface area contributed by atoms with Crippen LogP contribution in [0.2, 0.25) is 0 Å². The van der Waals surface area contributed by atoms with Crippen LogP contribution in [0.4, 0.5) is 45.3 Å². The van der Waals surface area contributed by atoms with E-state index < -0.39 is 215 Å². The van der Waals surface area contributed by atoms with E-state index in [9.17, 15) is 74.1 Å². The van der Waals surface area contributed by atoms with Crippen molar-refractivity contribution in [1.29, 1.82) is 0 Å². The molecule has 0 saturated carbocycles. The molecule has 25 nitrogen and oxygen atoms in total. The molecule has 1 unspecified atom stereocenters. The molecule has 0 fully saturated rings. The maximum Gasteiger partial charge on any atom is 0.524 e. The van der Waals surface area contributed by atoms with E-state index in [4.69, 9.17) is 9.26 Å². The molecule has 36 heteroatoms. The van der Waals surface area contributed by atoms with E-state index in [0.717, 1.165) is 39.6 Å². The number of allylic oxidation sites excluding steroid dienone is 1. The molecule has 0 aliphatic heterocycles. The van der Waals surface area contributed by atoms with E-state index >= 15 is 27.2 Å². The number of anilines is 1. The molecule has 0 bridgehead atoms. The van der Waals surface area contributed by atoms with Crippen molar-refractivity contribution in [1.82, 2.24) is 44.7 Å². The Morgan fingerprint density at radius 3 is 2.23 bits per heavy atom. The number of benzene rings is 2. The standard InChI is InChI=1S/C57H54F9N10O15PS/c1-25-15-28(20-38(77)68-35(54(83)84)22-42(80)81)45(37(16-25)91-92(85,86)87)55(3,4)23-41(79)76(93(6,88)89)52-43-26(2)7-11-36(47(43)73(5)72-52)75-51(70-50-32(53(75)82)9-12-40(69-50)90-14-13-56(62,63)64)34(19-27-17-29(58)21-30(59)18-27)67-39(78)24-74-48-44(46(71-74)49(60)61)31-8-10-33(31)57(48,65)66/h9,11-12,15-18,21,26,31,33-35,49H,7,13-14,19-20,22-24H2,1-6H3,(H,67,78)(H,68,77)(H,80,81)(H,83,84)(H2,85,86,87)/t26?,31-,33+,34-,35-/m0/s1. The van der Waals surface area contributed by atoms with Gasteiger partial charge in [-0.1, -0.05) is 44.8 Å². The number of ether oxygens (including phenoxy) is 1. The lowest BCUT2D eigenvalue weighted by Gasteiger charge is -2.32. The number of phosphoric ester groups is 1. The number of alkyl halides is 7. The Balaban J connectivity index is 1.18. The summed E-state index contributed by atoms with van der Waals surface area (Å²) >= 11 is 0. The minimum absolute atomic E-state index is 0.0994. The number of carbonyl (C=O) groups excluding carboxylic acids is 3. The number of carbonyl (C=O) groups is 5. The van der Waals surface area contributed by atoms with Crippen molar-refractivity contribution >= 4 is 70.1 Å². The number of aromatic nitrogens is 7. The fraction of sp³-hybridized carbons (Fsp3) is 0.404. The van der Waals surface area contributed by atoms with Crippen LogP contribution < -0.4 is 29.8 Å². The number of carboxylic acids is 2. The smallest absolute Gasteiger partial charge is 0.481 e. The van der Waals surface area contributed by atoms with Gasteiger partial charge in [-0.15, -0.1) is 0 Å². The number of carboxylic acid groups (broad SMARTS) is 2. The fourth-order valence-corrected chi connectivity index (χ4v) is 12.9. The van der Waals surface area contributed by atoms with E-state index in [1.165, 1.54) is 40.0 Å². The van der Waals surface area contributed by atoms with Crippen molar-refractivity contribution in [2.75, 3.05) is 17.2 Å². The number of amides is 3. The molecule has 3 aliphatic carbocycles. The second-order valence-electron chi connectivity index (χ2n) is 22.9. The van der Waals surface area contributed by atoms with Gasteiger partial charge < -0.3 is 30.1 Å². The number of nitrogens with zero attached hydrogens (tertiary/aromatic N) is 8. The normalized spacial score (nSPS) is 17.2. The quantitative estimate of drug-likeness (QED) is 0.0211. The second-order valence-corrected chi connectivity index (χ2v) is 25.9. The van der Waals surface area contributed by atoms with Crippen LogP contribution in [0, 0.1) is 36.3 Å². The zero-order chi connectivity index (χ0) is 68.5. The summed E-state index contributed by atoms with van der Waals surface area (Å²) in [5.74, 6) is -15.0. The number of halogens is 9. The van der Waals surface area contributed by atoms with Crippen LogP contribution in [-0.4, -0.2) is 117 Å². The summed E-state index contributed by atoms with van der Waals surface area (Å²) in [6.45, 7) is 3.30. The Morgan fingerprint density at radius 2 is 1.63 bits per heavy atom. The monoisotopic (exact) mass is 1350 g/mol. The fourth-order valence-electron chi connectivity index (χ4n) is 11.7. The molecule has 0 radical (unpaired) electrons. The maximum atomic E-state index is 16.0. The molecule has 3 aliphatic rings. The van der Waals surface area contributed by atoms with Crippen molar-refractivity contribution in [2.24, 2.45) is 13.0 Å². The topological polar surface area (TPSA) is 347 Å². The lowest BCUT2D eigenvalue weighted by molar-refractivity contribution is -0.147. The van der Waals surface area contributed by atoms with Crippen molar-refractivity contribution < 1.29 is 106 Å². The Bertz CT molecular complexity index is 4420. The molecule has 4 heterocycles. The molecule has 5 atom stereocenters. The molecule has 3 amide bonds. The first-order valence-corrected chi connectivity index (χ1v) is 31.1. The number of rotatable bonds is 24. The van der Waals surface area contributed by atoms with Crippen LogP contribution >= 0.6 is 7.82 Å². The number of fused-ring (bicyclic) bond motifs is 5. The summed E-state index contributed by atoms with van der Waals surface area (Å²) < 4.78 is 185. The number of hydrogen-bond acceptors (Lipinski definition) is 15. The van der Waals surface area contributed by atoms with Gasteiger partial charge in [0.25, 0.3) is 12.0 Å². The Labute approximate surface area is 519 Å². The first kappa shape index (κ1) is 68.2. The van der Waals surface area contributed by atoms with Gasteiger partial charge in [0, 0.05) is 54.1 Å². The third kappa shape index (κ3) is 14.3. The van der Waals surface area contributed by atoms with Gasteiger partial charge in [-0.3, -0.25) is 47.7 Å². The third-order valence-electron chi connectivity index (χ3n) is 15.3. The van der Waals surface area contributed by atoms with Crippen LogP contribution in [0.15, 0.2) is 53.3 Å². The summed E-state index contributed by atoms with van der Waals surface area (Å²) in [6.07, 6.45) is -11.4. The number of aryl methyl sites for hydroxylation is 2. The van der Waals surface area contributed by atoms with Crippen molar-refractivity contribution in [3.8, 4) is 23.5 Å². The average molecular weight is 1350 g/mol.